The quantitative estimate of drug-likeness (QED) is 0.465. The van der Waals surface area contributed by atoms with E-state index in [1.54, 1.807) is 12.1 Å². The van der Waals surface area contributed by atoms with Gasteiger partial charge in [0, 0.05) is 5.92 Å². The number of aryl methyl sites for hydroxylation is 2. The molecule has 0 radical (unpaired) electrons. The minimum absolute atomic E-state index is 0.00473. The van der Waals surface area contributed by atoms with Gasteiger partial charge in [-0.15, -0.1) is 0 Å². The van der Waals surface area contributed by atoms with E-state index < -0.39 is 40.2 Å². The van der Waals surface area contributed by atoms with Crippen LogP contribution in [0.1, 0.15) is 28.4 Å². The van der Waals surface area contributed by atoms with Crippen LogP contribution in [0.15, 0.2) is 83.8 Å². The van der Waals surface area contributed by atoms with Crippen LogP contribution in [0.5, 0.6) is 0 Å². The number of hydrogen-bond acceptors (Lipinski definition) is 5. The SMILES string of the molecule is Cc1ccc(C2OCC(C(NS(=O)(=O)c3ccc(C)cc3)C(=O)O)C2OCc2ccccc2)cc1. The van der Waals surface area contributed by atoms with Crippen LogP contribution in [-0.2, 0) is 30.9 Å². The molecule has 8 heteroatoms. The highest BCUT2D eigenvalue weighted by Gasteiger charge is 2.47. The van der Waals surface area contributed by atoms with Crippen LogP contribution >= 0.6 is 0 Å². The van der Waals surface area contributed by atoms with Crippen molar-refractivity contribution in [3.05, 3.63) is 101 Å². The van der Waals surface area contributed by atoms with E-state index in [0.717, 1.165) is 22.3 Å². The Labute approximate surface area is 205 Å². The van der Waals surface area contributed by atoms with Gasteiger partial charge in [-0.25, -0.2) is 8.42 Å². The summed E-state index contributed by atoms with van der Waals surface area (Å²) in [5.74, 6) is -2.03. The average Bonchev–Trinajstić information content (AvgIpc) is 3.26. The molecule has 1 heterocycles. The standard InChI is InChI=1S/C27H29NO6S/c1-18-8-12-21(13-9-18)25-26(33-16-20-6-4-3-5-7-20)23(17-34-25)24(27(29)30)28-35(31,32)22-14-10-19(2)11-15-22/h3-15,23-26,28H,16-17H2,1-2H3,(H,29,30). The molecule has 0 saturated carbocycles. The van der Waals surface area contributed by atoms with Crippen LogP contribution in [0.4, 0.5) is 0 Å². The summed E-state index contributed by atoms with van der Waals surface area (Å²) < 4.78 is 40.7. The Balaban J connectivity index is 1.63. The second kappa shape index (κ2) is 10.7. The Kier molecular flexibility index (Phi) is 7.66. The summed E-state index contributed by atoms with van der Waals surface area (Å²) in [6.07, 6.45) is -1.21. The first-order valence-electron chi connectivity index (χ1n) is 11.4. The Morgan fingerprint density at radius 2 is 1.60 bits per heavy atom. The minimum Gasteiger partial charge on any atom is -0.480 e. The molecule has 1 aliphatic rings. The topological polar surface area (TPSA) is 102 Å². The molecule has 4 unspecified atom stereocenters. The molecule has 0 bridgehead atoms. The van der Waals surface area contributed by atoms with E-state index in [0.29, 0.717) is 0 Å². The van der Waals surface area contributed by atoms with Crippen molar-refractivity contribution in [3.63, 3.8) is 0 Å². The maximum absolute atomic E-state index is 13.0. The first kappa shape index (κ1) is 25.1. The number of benzene rings is 3. The van der Waals surface area contributed by atoms with Gasteiger partial charge in [0.2, 0.25) is 10.0 Å². The second-order valence-corrected chi connectivity index (χ2v) is 10.6. The molecule has 1 fully saturated rings. The number of carboxylic acid groups (broad SMARTS) is 1. The molecule has 0 amide bonds. The maximum atomic E-state index is 13.0. The van der Waals surface area contributed by atoms with E-state index >= 15 is 0 Å². The number of rotatable bonds is 9. The highest BCUT2D eigenvalue weighted by molar-refractivity contribution is 7.89. The number of hydrogen-bond donors (Lipinski definition) is 2. The second-order valence-electron chi connectivity index (χ2n) is 8.84. The molecule has 0 aromatic heterocycles. The minimum atomic E-state index is -4.08. The van der Waals surface area contributed by atoms with Gasteiger partial charge in [-0.2, -0.15) is 4.72 Å². The first-order valence-corrected chi connectivity index (χ1v) is 12.9. The number of carbonyl (C=O) groups is 1. The summed E-state index contributed by atoms with van der Waals surface area (Å²) in [7, 11) is -4.08. The lowest BCUT2D eigenvalue weighted by molar-refractivity contribution is -0.142. The lowest BCUT2D eigenvalue weighted by Crippen LogP contribution is -2.50. The van der Waals surface area contributed by atoms with Gasteiger partial charge in [0.1, 0.15) is 12.1 Å². The zero-order chi connectivity index (χ0) is 25.0. The Morgan fingerprint density at radius 3 is 2.20 bits per heavy atom. The normalized spacial score (nSPS) is 21.0. The number of ether oxygens (including phenoxy) is 2. The van der Waals surface area contributed by atoms with Crippen LogP contribution in [0.3, 0.4) is 0 Å². The van der Waals surface area contributed by atoms with Crippen LogP contribution in [0.25, 0.3) is 0 Å². The molecule has 0 aliphatic carbocycles. The zero-order valence-corrected chi connectivity index (χ0v) is 20.4. The highest BCUT2D eigenvalue weighted by Crippen LogP contribution is 2.38. The van der Waals surface area contributed by atoms with Gasteiger partial charge in [-0.1, -0.05) is 77.9 Å². The Bertz CT molecular complexity index is 1240. The maximum Gasteiger partial charge on any atom is 0.322 e. The Morgan fingerprint density at radius 1 is 1.00 bits per heavy atom. The summed E-state index contributed by atoms with van der Waals surface area (Å²) in [5.41, 5.74) is 3.76. The van der Waals surface area contributed by atoms with Crippen LogP contribution in [0, 0.1) is 19.8 Å². The van der Waals surface area contributed by atoms with Crippen molar-refractivity contribution in [3.8, 4) is 0 Å². The van der Waals surface area contributed by atoms with E-state index in [4.69, 9.17) is 9.47 Å². The fraction of sp³-hybridized carbons (Fsp3) is 0.296. The summed E-state index contributed by atoms with van der Waals surface area (Å²) in [6, 6.07) is 22.1. The van der Waals surface area contributed by atoms with Crippen molar-refractivity contribution < 1.29 is 27.8 Å². The monoisotopic (exact) mass is 495 g/mol. The predicted octanol–water partition coefficient (Wildman–Crippen LogP) is 4.01. The Hall–Kier alpha value is -3.04. The van der Waals surface area contributed by atoms with Crippen molar-refractivity contribution in [2.45, 2.75) is 43.6 Å². The molecular weight excluding hydrogens is 466 g/mol. The third-order valence-corrected chi connectivity index (χ3v) is 7.64. The predicted molar refractivity (Wildman–Crippen MR) is 131 cm³/mol. The van der Waals surface area contributed by atoms with Crippen LogP contribution < -0.4 is 4.72 Å². The summed E-state index contributed by atoms with van der Waals surface area (Å²) >= 11 is 0. The van der Waals surface area contributed by atoms with Crippen molar-refractivity contribution in [1.82, 2.24) is 4.72 Å². The van der Waals surface area contributed by atoms with E-state index in [9.17, 15) is 18.3 Å². The molecule has 35 heavy (non-hydrogen) atoms. The van der Waals surface area contributed by atoms with Gasteiger partial charge in [0.05, 0.1) is 24.2 Å². The van der Waals surface area contributed by atoms with Crippen LogP contribution in [-0.4, -0.2) is 38.2 Å². The number of aliphatic carboxylic acids is 1. The summed E-state index contributed by atoms with van der Waals surface area (Å²) in [4.78, 5) is 12.3. The van der Waals surface area contributed by atoms with Gasteiger partial charge < -0.3 is 14.6 Å². The fourth-order valence-corrected chi connectivity index (χ4v) is 5.45. The largest absolute Gasteiger partial charge is 0.480 e. The van der Waals surface area contributed by atoms with Crippen molar-refractivity contribution >= 4 is 16.0 Å². The highest BCUT2D eigenvalue weighted by atomic mass is 32.2. The smallest absolute Gasteiger partial charge is 0.322 e. The van der Waals surface area contributed by atoms with E-state index in [1.165, 1.54) is 12.1 Å². The third kappa shape index (κ3) is 5.97. The molecule has 2 N–H and O–H groups in total. The third-order valence-electron chi connectivity index (χ3n) is 6.19. The van der Waals surface area contributed by atoms with Crippen LogP contribution in [0.2, 0.25) is 0 Å². The first-order chi connectivity index (χ1) is 16.7. The van der Waals surface area contributed by atoms with Gasteiger partial charge in [0.15, 0.2) is 0 Å². The molecule has 184 valence electrons. The molecule has 1 saturated heterocycles. The van der Waals surface area contributed by atoms with Crippen molar-refractivity contribution in [2.24, 2.45) is 5.92 Å². The lowest BCUT2D eigenvalue weighted by atomic mass is 9.91. The number of sulfonamides is 1. The van der Waals surface area contributed by atoms with E-state index in [-0.39, 0.29) is 18.1 Å². The number of carboxylic acids is 1. The van der Waals surface area contributed by atoms with Gasteiger partial charge >= 0.3 is 5.97 Å². The van der Waals surface area contributed by atoms with E-state index in [2.05, 4.69) is 4.72 Å². The van der Waals surface area contributed by atoms with Crippen molar-refractivity contribution in [2.75, 3.05) is 6.61 Å². The van der Waals surface area contributed by atoms with Gasteiger partial charge in [0.25, 0.3) is 0 Å². The van der Waals surface area contributed by atoms with Gasteiger partial charge in [-0.05, 0) is 37.1 Å². The van der Waals surface area contributed by atoms with E-state index in [1.807, 2.05) is 68.4 Å². The molecule has 4 rings (SSSR count). The van der Waals surface area contributed by atoms with Gasteiger partial charge in [-0.3, -0.25) is 4.79 Å². The molecular formula is C27H29NO6S. The molecule has 3 aromatic rings. The molecule has 0 spiro atoms. The number of nitrogens with one attached hydrogen (secondary N) is 1. The zero-order valence-electron chi connectivity index (χ0n) is 19.6. The lowest BCUT2D eigenvalue weighted by Gasteiger charge is -2.28. The average molecular weight is 496 g/mol. The summed E-state index contributed by atoms with van der Waals surface area (Å²) in [6.45, 7) is 4.10. The molecule has 7 nitrogen and oxygen atoms in total. The fourth-order valence-electron chi connectivity index (χ4n) is 4.21. The molecule has 1 aliphatic heterocycles. The molecule has 4 atom stereocenters. The summed E-state index contributed by atoms with van der Waals surface area (Å²) in [5, 5.41) is 10.0. The molecule has 3 aromatic carbocycles. The van der Waals surface area contributed by atoms with Crippen molar-refractivity contribution in [1.29, 1.82) is 0 Å².